The van der Waals surface area contributed by atoms with Crippen LogP contribution < -0.4 is 16.0 Å². The number of halogens is 3. The van der Waals surface area contributed by atoms with Crippen LogP contribution in [0.25, 0.3) is 0 Å². The van der Waals surface area contributed by atoms with Crippen LogP contribution in [0.15, 0.2) is 4.99 Å². The Bertz CT molecular complexity index is 512. The number of aliphatic imine (C=N–C) groups is 1. The van der Waals surface area contributed by atoms with Gasteiger partial charge in [0.2, 0.25) is 0 Å². The van der Waals surface area contributed by atoms with E-state index in [9.17, 15) is 18.0 Å². The zero-order valence-electron chi connectivity index (χ0n) is 17.4. The van der Waals surface area contributed by atoms with E-state index < -0.39 is 24.4 Å². The number of alkyl carbamates (subject to hydrolysis) is 1. The minimum Gasteiger partial charge on any atom is -0.444 e. The van der Waals surface area contributed by atoms with Crippen molar-refractivity contribution in [2.45, 2.75) is 70.3 Å². The van der Waals surface area contributed by atoms with E-state index in [1.807, 2.05) is 20.8 Å². The SMILES string of the molecule is CN=C(NCCN(C)CC(F)(F)F)NC1CCC(NC(=O)OC(C)(C)C)CC1. The van der Waals surface area contributed by atoms with Crippen LogP contribution in [0.3, 0.4) is 0 Å². The molecule has 1 aliphatic rings. The summed E-state index contributed by atoms with van der Waals surface area (Å²) in [5, 5.41) is 9.23. The Morgan fingerprint density at radius 2 is 1.64 bits per heavy atom. The summed E-state index contributed by atoms with van der Waals surface area (Å²) >= 11 is 0. The van der Waals surface area contributed by atoms with Gasteiger partial charge in [0.25, 0.3) is 0 Å². The first-order chi connectivity index (χ1) is 12.9. The lowest BCUT2D eigenvalue weighted by atomic mass is 9.91. The van der Waals surface area contributed by atoms with Crippen molar-refractivity contribution in [2.75, 3.05) is 33.7 Å². The van der Waals surface area contributed by atoms with Crippen LogP contribution >= 0.6 is 0 Å². The Morgan fingerprint density at radius 3 is 2.11 bits per heavy atom. The van der Waals surface area contributed by atoms with E-state index in [-0.39, 0.29) is 18.6 Å². The van der Waals surface area contributed by atoms with Crippen LogP contribution in [-0.4, -0.2) is 74.5 Å². The molecule has 0 spiro atoms. The van der Waals surface area contributed by atoms with Gasteiger partial charge in [0, 0.05) is 32.2 Å². The molecule has 0 saturated heterocycles. The maximum atomic E-state index is 12.3. The lowest BCUT2D eigenvalue weighted by Gasteiger charge is -2.31. The summed E-state index contributed by atoms with van der Waals surface area (Å²) < 4.78 is 42.3. The molecule has 3 N–H and O–H groups in total. The standard InChI is InChI=1S/C18H34F3N5O2/c1-17(2,3)28-16(27)25-14-8-6-13(7-9-14)24-15(22-4)23-10-11-26(5)12-18(19,20)21/h13-14H,6-12H2,1-5H3,(H,25,27)(H2,22,23,24). The molecular weight excluding hydrogens is 375 g/mol. The number of amides is 1. The summed E-state index contributed by atoms with van der Waals surface area (Å²) in [7, 11) is 3.06. The lowest BCUT2D eigenvalue weighted by molar-refractivity contribution is -0.142. The van der Waals surface area contributed by atoms with Gasteiger partial charge in [-0.3, -0.25) is 9.89 Å². The number of hydrogen-bond acceptors (Lipinski definition) is 4. The first-order valence-corrected chi connectivity index (χ1v) is 9.60. The lowest BCUT2D eigenvalue weighted by Crippen LogP contribution is -2.49. The number of nitrogens with zero attached hydrogens (tertiary/aromatic N) is 2. The molecule has 1 fully saturated rings. The van der Waals surface area contributed by atoms with Crippen LogP contribution in [-0.2, 0) is 4.74 Å². The fourth-order valence-electron chi connectivity index (χ4n) is 2.99. The number of carbonyl (C=O) groups is 1. The number of guanidine groups is 1. The molecule has 1 amide bonds. The van der Waals surface area contributed by atoms with Gasteiger partial charge < -0.3 is 20.7 Å². The van der Waals surface area contributed by atoms with E-state index in [1.54, 1.807) is 7.05 Å². The molecular formula is C18H34F3N5O2. The molecule has 0 aromatic carbocycles. The Morgan fingerprint density at radius 1 is 1.11 bits per heavy atom. The van der Waals surface area contributed by atoms with Gasteiger partial charge in [0.15, 0.2) is 5.96 Å². The van der Waals surface area contributed by atoms with Crippen molar-refractivity contribution in [3.8, 4) is 0 Å². The molecule has 1 aliphatic carbocycles. The predicted octanol–water partition coefficient (Wildman–Crippen LogP) is 2.48. The van der Waals surface area contributed by atoms with Gasteiger partial charge in [0.1, 0.15) is 5.60 Å². The molecule has 0 aromatic rings. The summed E-state index contributed by atoms with van der Waals surface area (Å²) in [6.45, 7) is 5.16. The molecule has 1 rings (SSSR count). The molecule has 0 aromatic heterocycles. The van der Waals surface area contributed by atoms with Gasteiger partial charge >= 0.3 is 12.3 Å². The van der Waals surface area contributed by atoms with Crippen molar-refractivity contribution in [2.24, 2.45) is 4.99 Å². The van der Waals surface area contributed by atoms with Gasteiger partial charge in [-0.25, -0.2) is 4.79 Å². The van der Waals surface area contributed by atoms with Crippen LogP contribution in [0.5, 0.6) is 0 Å². The Labute approximate surface area is 165 Å². The van der Waals surface area contributed by atoms with Gasteiger partial charge in [-0.1, -0.05) is 0 Å². The minimum atomic E-state index is -4.19. The van der Waals surface area contributed by atoms with Crippen molar-refractivity contribution >= 4 is 12.1 Å². The first kappa shape index (κ1) is 24.3. The van der Waals surface area contributed by atoms with E-state index in [2.05, 4.69) is 20.9 Å². The van der Waals surface area contributed by atoms with Crippen molar-refractivity contribution < 1.29 is 22.7 Å². The maximum absolute atomic E-state index is 12.3. The summed E-state index contributed by atoms with van der Waals surface area (Å²) in [6, 6.07) is 0.287. The number of rotatable bonds is 6. The van der Waals surface area contributed by atoms with Crippen LogP contribution in [0.4, 0.5) is 18.0 Å². The average molecular weight is 409 g/mol. The smallest absolute Gasteiger partial charge is 0.407 e. The fraction of sp³-hybridized carbons (Fsp3) is 0.889. The second-order valence-electron chi connectivity index (χ2n) is 8.19. The van der Waals surface area contributed by atoms with E-state index in [0.717, 1.165) is 25.7 Å². The molecule has 0 atom stereocenters. The van der Waals surface area contributed by atoms with Gasteiger partial charge in [-0.05, 0) is 53.5 Å². The number of alkyl halides is 3. The number of likely N-dealkylation sites (N-methyl/N-ethyl adjacent to an activating group) is 1. The second kappa shape index (κ2) is 10.7. The van der Waals surface area contributed by atoms with Crippen molar-refractivity contribution in [1.29, 1.82) is 0 Å². The summed E-state index contributed by atoms with van der Waals surface area (Å²) in [5.74, 6) is 0.573. The van der Waals surface area contributed by atoms with E-state index in [0.29, 0.717) is 12.5 Å². The molecule has 28 heavy (non-hydrogen) atoms. The molecule has 0 heterocycles. The molecule has 0 bridgehead atoms. The summed E-state index contributed by atoms with van der Waals surface area (Å²) in [4.78, 5) is 17.2. The quantitative estimate of drug-likeness (QED) is 0.464. The average Bonchev–Trinajstić information content (AvgIpc) is 2.52. The highest BCUT2D eigenvalue weighted by Gasteiger charge is 2.29. The highest BCUT2D eigenvalue weighted by atomic mass is 19.4. The minimum absolute atomic E-state index is 0.0823. The normalized spacial score (nSPS) is 21.4. The maximum Gasteiger partial charge on any atom is 0.407 e. The third-order valence-corrected chi connectivity index (χ3v) is 4.25. The third-order valence-electron chi connectivity index (χ3n) is 4.25. The summed E-state index contributed by atoms with van der Waals surface area (Å²) in [6.07, 6.45) is -1.24. The molecule has 1 saturated carbocycles. The zero-order chi connectivity index (χ0) is 21.4. The van der Waals surface area contributed by atoms with Crippen LogP contribution in [0, 0.1) is 0 Å². The Kier molecular flexibility index (Phi) is 9.32. The molecule has 0 aliphatic heterocycles. The highest BCUT2D eigenvalue weighted by molar-refractivity contribution is 5.79. The molecule has 7 nitrogen and oxygen atoms in total. The third kappa shape index (κ3) is 11.2. The van der Waals surface area contributed by atoms with E-state index in [1.165, 1.54) is 11.9 Å². The number of ether oxygens (including phenoxy) is 1. The predicted molar refractivity (Wildman–Crippen MR) is 103 cm³/mol. The first-order valence-electron chi connectivity index (χ1n) is 9.60. The largest absolute Gasteiger partial charge is 0.444 e. The monoisotopic (exact) mass is 409 g/mol. The van der Waals surface area contributed by atoms with Crippen LogP contribution in [0.1, 0.15) is 46.5 Å². The van der Waals surface area contributed by atoms with Gasteiger partial charge in [0.05, 0.1) is 6.54 Å². The highest BCUT2D eigenvalue weighted by Crippen LogP contribution is 2.19. The topological polar surface area (TPSA) is 78.0 Å². The molecule has 164 valence electrons. The molecule has 10 heteroatoms. The van der Waals surface area contributed by atoms with E-state index >= 15 is 0 Å². The zero-order valence-corrected chi connectivity index (χ0v) is 17.4. The number of carbonyl (C=O) groups excluding carboxylic acids is 1. The second-order valence-corrected chi connectivity index (χ2v) is 8.19. The van der Waals surface area contributed by atoms with E-state index in [4.69, 9.17) is 4.74 Å². The van der Waals surface area contributed by atoms with Gasteiger partial charge in [-0.15, -0.1) is 0 Å². The number of nitrogens with one attached hydrogen (secondary N) is 3. The van der Waals surface area contributed by atoms with Crippen molar-refractivity contribution in [1.82, 2.24) is 20.9 Å². The van der Waals surface area contributed by atoms with Gasteiger partial charge in [-0.2, -0.15) is 13.2 Å². The van der Waals surface area contributed by atoms with Crippen molar-refractivity contribution in [3.05, 3.63) is 0 Å². The Hall–Kier alpha value is -1.71. The molecule has 0 unspecified atom stereocenters. The fourth-order valence-corrected chi connectivity index (χ4v) is 2.99. The Balaban J connectivity index is 2.28. The number of hydrogen-bond donors (Lipinski definition) is 3. The summed E-state index contributed by atoms with van der Waals surface area (Å²) in [5.41, 5.74) is -0.519. The van der Waals surface area contributed by atoms with Crippen molar-refractivity contribution in [3.63, 3.8) is 0 Å². The van der Waals surface area contributed by atoms with Crippen LogP contribution in [0.2, 0.25) is 0 Å². The molecule has 0 radical (unpaired) electrons.